The number of pyridine rings is 1. The lowest BCUT2D eigenvalue weighted by Crippen LogP contribution is -2.29. The third-order valence-corrected chi connectivity index (χ3v) is 7.23. The highest BCUT2D eigenvalue weighted by Crippen LogP contribution is 2.36. The van der Waals surface area contributed by atoms with Crippen molar-refractivity contribution in [3.63, 3.8) is 0 Å². The van der Waals surface area contributed by atoms with Gasteiger partial charge in [0.25, 0.3) is 0 Å². The molecule has 1 fully saturated rings. The van der Waals surface area contributed by atoms with Crippen molar-refractivity contribution in [1.29, 1.82) is 0 Å². The van der Waals surface area contributed by atoms with Crippen LogP contribution in [-0.4, -0.2) is 53.8 Å². The molecule has 0 amide bonds. The molecule has 0 atom stereocenters. The van der Waals surface area contributed by atoms with Gasteiger partial charge < -0.3 is 19.7 Å². The summed E-state index contributed by atoms with van der Waals surface area (Å²) in [6.07, 6.45) is 4.40. The minimum atomic E-state index is -0.223. The third kappa shape index (κ3) is 6.69. The maximum absolute atomic E-state index is 11.4. The van der Waals surface area contributed by atoms with Crippen LogP contribution in [0.15, 0.2) is 52.9 Å². The molecule has 0 bridgehead atoms. The SMILES string of the molecule is COC(=O)CCSc1cnc(Nc2nc(C3CCN(C)CC3)cs2)c(Oc2ccccc2)c1. The molecule has 0 saturated carbocycles. The number of aromatic nitrogens is 2. The summed E-state index contributed by atoms with van der Waals surface area (Å²) in [5, 5.41) is 6.30. The number of benzene rings is 1. The van der Waals surface area contributed by atoms with E-state index >= 15 is 0 Å². The van der Waals surface area contributed by atoms with Gasteiger partial charge in [-0.15, -0.1) is 23.1 Å². The smallest absolute Gasteiger partial charge is 0.306 e. The Balaban J connectivity index is 1.49. The van der Waals surface area contributed by atoms with E-state index in [0.717, 1.165) is 47.4 Å². The zero-order valence-electron chi connectivity index (χ0n) is 18.8. The van der Waals surface area contributed by atoms with Gasteiger partial charge in [0.05, 0.1) is 19.2 Å². The van der Waals surface area contributed by atoms with E-state index in [1.54, 1.807) is 17.5 Å². The lowest BCUT2D eigenvalue weighted by molar-refractivity contribution is -0.140. The number of para-hydroxylation sites is 1. The Hall–Kier alpha value is -2.62. The maximum atomic E-state index is 11.4. The molecule has 0 spiro atoms. The van der Waals surface area contributed by atoms with Crippen molar-refractivity contribution in [1.82, 2.24) is 14.9 Å². The van der Waals surface area contributed by atoms with Gasteiger partial charge in [0.2, 0.25) is 0 Å². The summed E-state index contributed by atoms with van der Waals surface area (Å²) in [6.45, 7) is 2.22. The van der Waals surface area contributed by atoms with Crippen molar-refractivity contribution < 1.29 is 14.3 Å². The lowest BCUT2D eigenvalue weighted by atomic mass is 9.95. The molecule has 3 heterocycles. The van der Waals surface area contributed by atoms with Gasteiger partial charge in [-0.2, -0.15) is 0 Å². The van der Waals surface area contributed by atoms with Crippen LogP contribution in [0.4, 0.5) is 10.9 Å². The Kier molecular flexibility index (Phi) is 8.20. The van der Waals surface area contributed by atoms with E-state index < -0.39 is 0 Å². The van der Waals surface area contributed by atoms with Crippen molar-refractivity contribution in [3.05, 3.63) is 53.7 Å². The second-order valence-corrected chi connectivity index (χ2v) is 9.91. The molecule has 1 aromatic carbocycles. The van der Waals surface area contributed by atoms with Crippen LogP contribution in [0.25, 0.3) is 0 Å². The largest absolute Gasteiger partial charge is 0.469 e. The van der Waals surface area contributed by atoms with Crippen molar-refractivity contribution in [3.8, 4) is 11.5 Å². The number of thiazole rings is 1. The second-order valence-electron chi connectivity index (χ2n) is 7.89. The molecule has 3 aromatic rings. The first-order valence-electron chi connectivity index (χ1n) is 10.9. The number of piperidine rings is 1. The molecule has 1 aliphatic rings. The lowest BCUT2D eigenvalue weighted by Gasteiger charge is -2.27. The van der Waals surface area contributed by atoms with E-state index in [2.05, 4.69) is 27.6 Å². The topological polar surface area (TPSA) is 76.6 Å². The Bertz CT molecular complexity index is 1050. The molecule has 1 aliphatic heterocycles. The van der Waals surface area contributed by atoms with Crippen LogP contribution in [-0.2, 0) is 9.53 Å². The summed E-state index contributed by atoms with van der Waals surface area (Å²) in [4.78, 5) is 24.1. The molecule has 1 saturated heterocycles. The molecule has 9 heteroatoms. The van der Waals surface area contributed by atoms with Crippen molar-refractivity contribution >= 4 is 40.0 Å². The molecule has 7 nitrogen and oxygen atoms in total. The van der Waals surface area contributed by atoms with Crippen LogP contribution in [0.2, 0.25) is 0 Å². The number of rotatable bonds is 9. The monoisotopic (exact) mass is 484 g/mol. The van der Waals surface area contributed by atoms with Crippen LogP contribution in [0, 0.1) is 0 Å². The first-order chi connectivity index (χ1) is 16.1. The summed E-state index contributed by atoms with van der Waals surface area (Å²) in [5.74, 6) is 2.84. The Morgan fingerprint density at radius 2 is 2.06 bits per heavy atom. The molecule has 2 aromatic heterocycles. The number of hydrogen-bond donors (Lipinski definition) is 1. The minimum Gasteiger partial charge on any atom is -0.469 e. The number of anilines is 2. The second kappa shape index (κ2) is 11.5. The van der Waals surface area contributed by atoms with Crippen LogP contribution >= 0.6 is 23.1 Å². The van der Waals surface area contributed by atoms with Crippen LogP contribution in [0.3, 0.4) is 0 Å². The summed E-state index contributed by atoms with van der Waals surface area (Å²) >= 11 is 3.13. The number of carbonyl (C=O) groups excluding carboxylic acids is 1. The number of carbonyl (C=O) groups is 1. The van der Waals surface area contributed by atoms with E-state index in [4.69, 9.17) is 14.5 Å². The average Bonchev–Trinajstić information content (AvgIpc) is 3.30. The third-order valence-electron chi connectivity index (χ3n) is 5.49. The van der Waals surface area contributed by atoms with E-state index in [1.165, 1.54) is 18.9 Å². The van der Waals surface area contributed by atoms with Gasteiger partial charge in [0.1, 0.15) is 5.75 Å². The van der Waals surface area contributed by atoms with Gasteiger partial charge in [-0.05, 0) is 51.2 Å². The summed E-state index contributed by atoms with van der Waals surface area (Å²) in [7, 11) is 3.57. The van der Waals surface area contributed by atoms with Gasteiger partial charge in [-0.1, -0.05) is 18.2 Å². The van der Waals surface area contributed by atoms with Crippen LogP contribution in [0.5, 0.6) is 11.5 Å². The summed E-state index contributed by atoms with van der Waals surface area (Å²) < 4.78 is 10.9. The highest BCUT2D eigenvalue weighted by atomic mass is 32.2. The van der Waals surface area contributed by atoms with Crippen molar-refractivity contribution in [2.45, 2.75) is 30.1 Å². The fourth-order valence-corrected chi connectivity index (χ4v) is 5.20. The molecular weight excluding hydrogens is 456 g/mol. The summed E-state index contributed by atoms with van der Waals surface area (Å²) in [6, 6.07) is 11.6. The number of esters is 1. The van der Waals surface area contributed by atoms with Gasteiger partial charge in [-0.3, -0.25) is 4.79 Å². The quantitative estimate of drug-likeness (QED) is 0.313. The average molecular weight is 485 g/mol. The Morgan fingerprint density at radius 1 is 1.27 bits per heavy atom. The van der Waals surface area contributed by atoms with Gasteiger partial charge >= 0.3 is 5.97 Å². The summed E-state index contributed by atoms with van der Waals surface area (Å²) in [5.41, 5.74) is 1.15. The highest BCUT2D eigenvalue weighted by molar-refractivity contribution is 7.99. The van der Waals surface area contributed by atoms with Crippen LogP contribution < -0.4 is 10.1 Å². The normalized spacial score (nSPS) is 14.7. The first kappa shape index (κ1) is 23.5. The van der Waals surface area contributed by atoms with E-state index in [-0.39, 0.29) is 5.97 Å². The zero-order chi connectivity index (χ0) is 23.0. The number of nitrogens with zero attached hydrogens (tertiary/aromatic N) is 3. The molecular formula is C24H28N4O3S2. The van der Waals surface area contributed by atoms with Crippen molar-refractivity contribution in [2.24, 2.45) is 0 Å². The number of likely N-dealkylation sites (tertiary alicyclic amines) is 1. The maximum Gasteiger partial charge on any atom is 0.306 e. The van der Waals surface area contributed by atoms with Gasteiger partial charge in [-0.25, -0.2) is 9.97 Å². The molecule has 4 rings (SSSR count). The fourth-order valence-electron chi connectivity index (χ4n) is 3.58. The molecule has 0 aliphatic carbocycles. The Morgan fingerprint density at radius 3 is 2.82 bits per heavy atom. The molecule has 0 unspecified atom stereocenters. The molecule has 0 radical (unpaired) electrons. The first-order valence-corrected chi connectivity index (χ1v) is 12.8. The van der Waals surface area contributed by atoms with Gasteiger partial charge in [0.15, 0.2) is 16.7 Å². The molecule has 174 valence electrons. The number of ether oxygens (including phenoxy) is 2. The predicted molar refractivity (Wildman–Crippen MR) is 133 cm³/mol. The number of nitrogens with one attached hydrogen (secondary N) is 1. The zero-order valence-corrected chi connectivity index (χ0v) is 20.5. The molecule has 33 heavy (non-hydrogen) atoms. The minimum absolute atomic E-state index is 0.223. The molecule has 1 N–H and O–H groups in total. The highest BCUT2D eigenvalue weighted by Gasteiger charge is 2.21. The number of methoxy groups -OCH3 is 1. The Labute approximate surface area is 202 Å². The van der Waals surface area contributed by atoms with E-state index in [1.807, 2.05) is 36.4 Å². The number of hydrogen-bond acceptors (Lipinski definition) is 9. The fraction of sp³-hybridized carbons (Fsp3) is 0.375. The standard InChI is InChI=1S/C24H28N4O3S2/c1-28-11-8-17(9-12-28)20-16-33-24(26-20)27-23-21(31-18-6-4-3-5-7-18)14-19(15-25-23)32-13-10-22(29)30-2/h3-7,14-17H,8-13H2,1-2H3,(H,25,26,27). The van der Waals surface area contributed by atoms with Gasteiger partial charge in [0, 0.05) is 28.1 Å². The van der Waals surface area contributed by atoms with Crippen molar-refractivity contribution in [2.75, 3.05) is 38.3 Å². The van der Waals surface area contributed by atoms with E-state index in [0.29, 0.717) is 29.7 Å². The van der Waals surface area contributed by atoms with Crippen LogP contribution in [0.1, 0.15) is 30.9 Å². The number of thioether (sulfide) groups is 1. The predicted octanol–water partition coefficient (Wildman–Crippen LogP) is 5.54. The van der Waals surface area contributed by atoms with E-state index in [9.17, 15) is 4.79 Å².